The summed E-state index contributed by atoms with van der Waals surface area (Å²) in [5, 5.41) is 4.25. The maximum atomic E-state index is 12.5. The van der Waals surface area contributed by atoms with E-state index in [-0.39, 0.29) is 18.1 Å². The largest absolute Gasteiger partial charge is 0.484 e. The molecule has 0 saturated carbocycles. The second kappa shape index (κ2) is 9.87. The lowest BCUT2D eigenvalue weighted by atomic mass is 10.1. The SMILES string of the molecule is Cc1ccc(OCC(=O)N2CCN(CCNc3cc(=O)oc4ccccc34)CC2)cc1C. The first-order valence-electron chi connectivity index (χ1n) is 11.0. The molecule has 0 radical (unpaired) electrons. The molecular weight excluding hydrogens is 406 g/mol. The standard InChI is InChI=1S/C25H29N3O4/c1-18-7-8-20(15-19(18)2)31-17-24(29)28-13-11-27(12-14-28)10-9-26-22-16-25(30)32-23-6-4-3-5-21(22)23/h3-8,15-16,26H,9-14,17H2,1-2H3. The number of carbonyl (C=O) groups is 1. The minimum atomic E-state index is -0.360. The molecule has 0 aliphatic carbocycles. The highest BCUT2D eigenvalue weighted by molar-refractivity contribution is 5.89. The number of hydrogen-bond donors (Lipinski definition) is 1. The third-order valence-corrected chi connectivity index (χ3v) is 5.96. The zero-order valence-electron chi connectivity index (χ0n) is 18.6. The van der Waals surface area contributed by atoms with Gasteiger partial charge >= 0.3 is 5.63 Å². The first-order chi connectivity index (χ1) is 15.5. The summed E-state index contributed by atoms with van der Waals surface area (Å²) >= 11 is 0. The lowest BCUT2D eigenvalue weighted by Crippen LogP contribution is -2.50. The Morgan fingerprint density at radius 3 is 2.59 bits per heavy atom. The Balaban J connectivity index is 1.22. The van der Waals surface area contributed by atoms with Crippen molar-refractivity contribution in [1.82, 2.24) is 9.80 Å². The van der Waals surface area contributed by atoms with E-state index in [0.29, 0.717) is 25.2 Å². The molecule has 7 nitrogen and oxygen atoms in total. The van der Waals surface area contributed by atoms with Gasteiger partial charge in [0.2, 0.25) is 0 Å². The second-order valence-electron chi connectivity index (χ2n) is 8.16. The summed E-state index contributed by atoms with van der Waals surface area (Å²) in [5.74, 6) is 0.747. The zero-order valence-corrected chi connectivity index (χ0v) is 18.6. The van der Waals surface area contributed by atoms with Crippen molar-refractivity contribution in [1.29, 1.82) is 0 Å². The summed E-state index contributed by atoms with van der Waals surface area (Å²) in [5.41, 5.74) is 3.37. The van der Waals surface area contributed by atoms with Gasteiger partial charge in [-0.05, 0) is 49.2 Å². The van der Waals surface area contributed by atoms with Crippen LogP contribution >= 0.6 is 0 Å². The molecule has 7 heteroatoms. The number of amides is 1. The van der Waals surface area contributed by atoms with Crippen LogP contribution in [0.4, 0.5) is 5.69 Å². The van der Waals surface area contributed by atoms with Crippen LogP contribution < -0.4 is 15.7 Å². The minimum absolute atomic E-state index is 0.0171. The van der Waals surface area contributed by atoms with Gasteiger partial charge in [-0.2, -0.15) is 0 Å². The molecule has 1 fully saturated rings. The number of nitrogens with zero attached hydrogens (tertiary/aromatic N) is 2. The molecule has 1 aliphatic rings. The van der Waals surface area contributed by atoms with E-state index in [1.807, 2.05) is 48.2 Å². The first kappa shape index (κ1) is 21.9. The second-order valence-corrected chi connectivity index (χ2v) is 8.16. The number of carbonyl (C=O) groups excluding carboxylic acids is 1. The summed E-state index contributed by atoms with van der Waals surface area (Å²) in [6.45, 7) is 8.69. The van der Waals surface area contributed by atoms with E-state index < -0.39 is 0 Å². The molecule has 2 heterocycles. The lowest BCUT2D eigenvalue weighted by molar-refractivity contribution is -0.135. The van der Waals surface area contributed by atoms with Crippen LogP contribution in [0.1, 0.15) is 11.1 Å². The van der Waals surface area contributed by atoms with Gasteiger partial charge in [-0.25, -0.2) is 4.79 Å². The van der Waals surface area contributed by atoms with Gasteiger partial charge in [0.25, 0.3) is 5.91 Å². The fourth-order valence-corrected chi connectivity index (χ4v) is 3.87. The van der Waals surface area contributed by atoms with Crippen LogP contribution in [0.2, 0.25) is 0 Å². The van der Waals surface area contributed by atoms with E-state index in [0.717, 1.165) is 42.0 Å². The van der Waals surface area contributed by atoms with Gasteiger partial charge in [-0.3, -0.25) is 9.69 Å². The molecule has 1 aromatic heterocycles. The number of aryl methyl sites for hydroxylation is 2. The highest BCUT2D eigenvalue weighted by Gasteiger charge is 2.21. The van der Waals surface area contributed by atoms with Gasteiger partial charge in [0.15, 0.2) is 6.61 Å². The Kier molecular flexibility index (Phi) is 6.75. The highest BCUT2D eigenvalue weighted by Crippen LogP contribution is 2.21. The third-order valence-electron chi connectivity index (χ3n) is 5.96. The summed E-state index contributed by atoms with van der Waals surface area (Å²) < 4.78 is 10.9. The van der Waals surface area contributed by atoms with Crippen LogP contribution in [0.3, 0.4) is 0 Å². The van der Waals surface area contributed by atoms with E-state index >= 15 is 0 Å². The molecule has 168 valence electrons. The molecule has 4 rings (SSSR count). The molecule has 0 unspecified atom stereocenters. The van der Waals surface area contributed by atoms with Crippen molar-refractivity contribution in [2.45, 2.75) is 13.8 Å². The molecule has 0 spiro atoms. The van der Waals surface area contributed by atoms with Crippen molar-refractivity contribution in [2.75, 3.05) is 51.2 Å². The van der Waals surface area contributed by atoms with Crippen molar-refractivity contribution < 1.29 is 13.9 Å². The van der Waals surface area contributed by atoms with Gasteiger partial charge in [-0.15, -0.1) is 0 Å². The fourth-order valence-electron chi connectivity index (χ4n) is 3.87. The Morgan fingerprint density at radius 2 is 1.81 bits per heavy atom. The molecule has 0 atom stereocenters. The number of para-hydroxylation sites is 1. The van der Waals surface area contributed by atoms with Crippen molar-refractivity contribution in [2.24, 2.45) is 0 Å². The van der Waals surface area contributed by atoms with Crippen LogP contribution in [-0.4, -0.2) is 61.6 Å². The van der Waals surface area contributed by atoms with Crippen molar-refractivity contribution >= 4 is 22.6 Å². The van der Waals surface area contributed by atoms with E-state index in [9.17, 15) is 9.59 Å². The number of rotatable bonds is 7. The number of benzene rings is 2. The van der Waals surface area contributed by atoms with Gasteiger partial charge < -0.3 is 19.4 Å². The van der Waals surface area contributed by atoms with Crippen LogP contribution in [0, 0.1) is 13.8 Å². The van der Waals surface area contributed by atoms with Crippen molar-refractivity contribution in [3.63, 3.8) is 0 Å². The van der Waals surface area contributed by atoms with Crippen molar-refractivity contribution in [3.05, 3.63) is 70.1 Å². The Hall–Kier alpha value is -3.32. The van der Waals surface area contributed by atoms with Crippen LogP contribution in [0.5, 0.6) is 5.75 Å². The minimum Gasteiger partial charge on any atom is -0.484 e. The average molecular weight is 436 g/mol. The van der Waals surface area contributed by atoms with Gasteiger partial charge in [-0.1, -0.05) is 18.2 Å². The first-order valence-corrected chi connectivity index (χ1v) is 11.0. The van der Waals surface area contributed by atoms with Gasteiger partial charge in [0.1, 0.15) is 11.3 Å². The number of anilines is 1. The van der Waals surface area contributed by atoms with Crippen molar-refractivity contribution in [3.8, 4) is 5.75 Å². The summed E-state index contributed by atoms with van der Waals surface area (Å²) in [6, 6.07) is 14.9. The molecule has 1 amide bonds. The third kappa shape index (κ3) is 5.29. The maximum absolute atomic E-state index is 12.5. The molecule has 2 aromatic carbocycles. The molecular formula is C25H29N3O4. The molecule has 0 bridgehead atoms. The molecule has 1 saturated heterocycles. The summed E-state index contributed by atoms with van der Waals surface area (Å²) in [6.07, 6.45) is 0. The average Bonchev–Trinajstić information content (AvgIpc) is 2.80. The Bertz CT molecular complexity index is 1150. The number of hydrogen-bond acceptors (Lipinski definition) is 6. The van der Waals surface area contributed by atoms with Gasteiger partial charge in [0, 0.05) is 50.7 Å². The highest BCUT2D eigenvalue weighted by atomic mass is 16.5. The van der Waals surface area contributed by atoms with E-state index in [2.05, 4.69) is 17.1 Å². The van der Waals surface area contributed by atoms with Crippen LogP contribution in [0.25, 0.3) is 11.0 Å². The molecule has 1 aliphatic heterocycles. The maximum Gasteiger partial charge on any atom is 0.338 e. The predicted molar refractivity (Wildman–Crippen MR) is 125 cm³/mol. The zero-order chi connectivity index (χ0) is 22.5. The van der Waals surface area contributed by atoms with E-state index in [1.165, 1.54) is 11.6 Å². The number of piperazine rings is 1. The smallest absolute Gasteiger partial charge is 0.338 e. The lowest BCUT2D eigenvalue weighted by Gasteiger charge is -2.34. The number of fused-ring (bicyclic) bond motifs is 1. The van der Waals surface area contributed by atoms with Crippen LogP contribution in [-0.2, 0) is 4.79 Å². The predicted octanol–water partition coefficient (Wildman–Crippen LogP) is 3.04. The normalized spacial score (nSPS) is 14.5. The molecule has 3 aromatic rings. The molecule has 32 heavy (non-hydrogen) atoms. The number of ether oxygens (including phenoxy) is 1. The quantitative estimate of drug-likeness (QED) is 0.575. The Labute approximate surface area is 187 Å². The van der Waals surface area contributed by atoms with Gasteiger partial charge in [0.05, 0.1) is 5.69 Å². The van der Waals surface area contributed by atoms with E-state index in [1.54, 1.807) is 6.07 Å². The monoisotopic (exact) mass is 435 g/mol. The number of nitrogens with one attached hydrogen (secondary N) is 1. The fraction of sp³-hybridized carbons (Fsp3) is 0.360. The van der Waals surface area contributed by atoms with Crippen LogP contribution in [0.15, 0.2) is 57.7 Å². The summed E-state index contributed by atoms with van der Waals surface area (Å²) in [7, 11) is 0. The topological polar surface area (TPSA) is 75.0 Å². The Morgan fingerprint density at radius 1 is 1.03 bits per heavy atom. The summed E-state index contributed by atoms with van der Waals surface area (Å²) in [4.78, 5) is 28.5. The van der Waals surface area contributed by atoms with E-state index in [4.69, 9.17) is 9.15 Å². The molecule has 1 N–H and O–H groups in total.